The molecular weight excluding hydrogens is 387 g/mol. The molecule has 3 aromatic rings. The van der Waals surface area contributed by atoms with E-state index in [9.17, 15) is 9.50 Å². The first-order chi connectivity index (χ1) is 14.2. The van der Waals surface area contributed by atoms with E-state index in [1.807, 2.05) is 5.51 Å². The van der Waals surface area contributed by atoms with Crippen molar-refractivity contribution in [3.05, 3.63) is 53.6 Å². The van der Waals surface area contributed by atoms with Gasteiger partial charge in [-0.15, -0.1) is 11.3 Å². The Bertz CT molecular complexity index is 996. The van der Waals surface area contributed by atoms with Crippen molar-refractivity contribution >= 4 is 27.2 Å². The van der Waals surface area contributed by atoms with Gasteiger partial charge in [0.15, 0.2) is 5.82 Å². The number of hydrogen-bond acceptors (Lipinski definition) is 6. The Morgan fingerprint density at radius 3 is 3.07 bits per heavy atom. The SMILES string of the molecule is OC1C(CCCc2cccc3ncsc23)C[C@H]2CN(c3ccncc3F)CCN12. The number of aliphatic hydroxyl groups is 1. The van der Waals surface area contributed by atoms with E-state index in [0.29, 0.717) is 5.69 Å². The Balaban J connectivity index is 1.20. The standard InChI is InChI=1S/C22H25FN4OS/c23-18-12-24-8-7-20(18)26-9-10-27-17(13-26)11-16(22(27)28)5-1-3-15-4-2-6-19-21(15)29-14-25-19/h2,4,6-8,12,14,16-17,22,28H,1,3,5,9-11,13H2/t16?,17-,22?/m0/s1. The summed E-state index contributed by atoms with van der Waals surface area (Å²) in [5.74, 6) is 0.0104. The third-order valence-electron chi connectivity index (χ3n) is 6.42. The maximum atomic E-state index is 14.1. The number of aliphatic hydroxyl groups excluding tert-OH is 1. The van der Waals surface area contributed by atoms with Crippen molar-refractivity contribution in [1.29, 1.82) is 0 Å². The van der Waals surface area contributed by atoms with Crippen molar-refractivity contribution < 1.29 is 9.50 Å². The largest absolute Gasteiger partial charge is 0.378 e. The van der Waals surface area contributed by atoms with Crippen molar-refractivity contribution in [3.63, 3.8) is 0 Å². The molecule has 152 valence electrons. The fourth-order valence-corrected chi connectivity index (χ4v) is 5.81. The van der Waals surface area contributed by atoms with E-state index < -0.39 is 0 Å². The summed E-state index contributed by atoms with van der Waals surface area (Å²) in [5.41, 5.74) is 4.96. The van der Waals surface area contributed by atoms with Crippen LogP contribution in [0.15, 0.2) is 42.2 Å². The van der Waals surface area contributed by atoms with Gasteiger partial charge in [-0.05, 0) is 43.4 Å². The lowest BCUT2D eigenvalue weighted by Crippen LogP contribution is -2.53. The van der Waals surface area contributed by atoms with Crippen molar-refractivity contribution in [3.8, 4) is 0 Å². The van der Waals surface area contributed by atoms with E-state index in [-0.39, 0.29) is 24.0 Å². The highest BCUT2D eigenvalue weighted by molar-refractivity contribution is 7.16. The number of piperazine rings is 1. The molecule has 29 heavy (non-hydrogen) atoms. The minimum Gasteiger partial charge on any atom is -0.378 e. The monoisotopic (exact) mass is 412 g/mol. The molecule has 0 saturated carbocycles. The van der Waals surface area contributed by atoms with Crippen LogP contribution in [0.2, 0.25) is 0 Å². The summed E-state index contributed by atoms with van der Waals surface area (Å²) in [6.45, 7) is 2.26. The molecule has 1 aromatic carbocycles. The summed E-state index contributed by atoms with van der Waals surface area (Å²) >= 11 is 1.70. The van der Waals surface area contributed by atoms with Gasteiger partial charge in [-0.3, -0.25) is 9.88 Å². The first-order valence-corrected chi connectivity index (χ1v) is 11.2. The van der Waals surface area contributed by atoms with Crippen LogP contribution in [0.3, 0.4) is 0 Å². The number of fused-ring (bicyclic) bond motifs is 2. The maximum absolute atomic E-state index is 14.1. The lowest BCUT2D eigenvalue weighted by Gasteiger charge is -2.40. The molecule has 0 bridgehead atoms. The second kappa shape index (κ2) is 7.97. The molecule has 5 nitrogen and oxygen atoms in total. The molecule has 5 rings (SSSR count). The van der Waals surface area contributed by atoms with Gasteiger partial charge in [0.2, 0.25) is 0 Å². The number of aryl methyl sites for hydroxylation is 1. The van der Waals surface area contributed by atoms with Crippen LogP contribution in [0, 0.1) is 11.7 Å². The molecule has 2 aliphatic heterocycles. The van der Waals surface area contributed by atoms with Gasteiger partial charge in [-0.2, -0.15) is 0 Å². The topological polar surface area (TPSA) is 52.5 Å². The van der Waals surface area contributed by atoms with Gasteiger partial charge in [0.05, 0.1) is 27.6 Å². The van der Waals surface area contributed by atoms with Gasteiger partial charge in [0.25, 0.3) is 0 Å². The zero-order valence-corrected chi connectivity index (χ0v) is 17.1. The van der Waals surface area contributed by atoms with Gasteiger partial charge in [0.1, 0.15) is 6.23 Å². The first kappa shape index (κ1) is 18.9. The molecule has 2 aliphatic rings. The summed E-state index contributed by atoms with van der Waals surface area (Å²) in [5, 5.41) is 10.8. The molecule has 0 radical (unpaired) electrons. The fourth-order valence-electron chi connectivity index (χ4n) is 4.98. The lowest BCUT2D eigenvalue weighted by atomic mass is 9.95. The summed E-state index contributed by atoms with van der Waals surface area (Å²) < 4.78 is 15.4. The second-order valence-corrected chi connectivity index (χ2v) is 8.94. The summed E-state index contributed by atoms with van der Waals surface area (Å²) in [7, 11) is 0. The highest BCUT2D eigenvalue weighted by Crippen LogP contribution is 2.36. The van der Waals surface area contributed by atoms with E-state index in [0.717, 1.165) is 50.8 Å². The Morgan fingerprint density at radius 2 is 2.17 bits per heavy atom. The number of halogens is 1. The highest BCUT2D eigenvalue weighted by Gasteiger charge is 2.42. The predicted molar refractivity (Wildman–Crippen MR) is 114 cm³/mol. The predicted octanol–water partition coefficient (Wildman–Crippen LogP) is 3.68. The van der Waals surface area contributed by atoms with Crippen LogP contribution in [0.5, 0.6) is 0 Å². The molecule has 0 amide bonds. The van der Waals surface area contributed by atoms with E-state index >= 15 is 0 Å². The minimum atomic E-state index is -0.386. The van der Waals surface area contributed by atoms with E-state index in [4.69, 9.17) is 0 Å². The van der Waals surface area contributed by atoms with Gasteiger partial charge in [0, 0.05) is 37.8 Å². The number of aromatic nitrogens is 2. The summed E-state index contributed by atoms with van der Waals surface area (Å²) in [6.07, 6.45) is 6.58. The summed E-state index contributed by atoms with van der Waals surface area (Å²) in [4.78, 5) is 12.6. The molecule has 2 aromatic heterocycles. The van der Waals surface area contributed by atoms with Crippen molar-refractivity contribution in [2.24, 2.45) is 5.92 Å². The van der Waals surface area contributed by atoms with Gasteiger partial charge in [-0.25, -0.2) is 9.37 Å². The zero-order chi connectivity index (χ0) is 19.8. The van der Waals surface area contributed by atoms with Gasteiger partial charge in [-0.1, -0.05) is 12.1 Å². The molecule has 0 aliphatic carbocycles. The molecule has 1 N–H and O–H groups in total. The number of rotatable bonds is 5. The van der Waals surface area contributed by atoms with Crippen LogP contribution in [0.25, 0.3) is 10.2 Å². The number of nitrogens with zero attached hydrogens (tertiary/aromatic N) is 4. The van der Waals surface area contributed by atoms with Crippen LogP contribution in [-0.2, 0) is 6.42 Å². The summed E-state index contributed by atoms with van der Waals surface area (Å²) in [6, 6.07) is 8.35. The van der Waals surface area contributed by atoms with Crippen LogP contribution in [-0.4, -0.2) is 51.9 Å². The van der Waals surface area contributed by atoms with Crippen molar-refractivity contribution in [1.82, 2.24) is 14.9 Å². The van der Waals surface area contributed by atoms with Crippen LogP contribution in [0.1, 0.15) is 24.8 Å². The third-order valence-corrected chi connectivity index (χ3v) is 7.33. The molecule has 0 spiro atoms. The molecular formula is C22H25FN4OS. The van der Waals surface area contributed by atoms with E-state index in [2.05, 4.69) is 38.0 Å². The molecule has 4 heterocycles. The van der Waals surface area contributed by atoms with E-state index in [1.54, 1.807) is 23.6 Å². The van der Waals surface area contributed by atoms with E-state index in [1.165, 1.54) is 16.5 Å². The average molecular weight is 413 g/mol. The first-order valence-electron chi connectivity index (χ1n) is 10.3. The van der Waals surface area contributed by atoms with Crippen LogP contribution in [0.4, 0.5) is 10.1 Å². The van der Waals surface area contributed by atoms with Crippen molar-refractivity contribution in [2.75, 3.05) is 24.5 Å². The number of anilines is 1. The number of benzene rings is 1. The van der Waals surface area contributed by atoms with Crippen molar-refractivity contribution in [2.45, 2.75) is 38.0 Å². The Labute approximate surface area is 173 Å². The average Bonchev–Trinajstić information content (AvgIpc) is 3.33. The molecule has 7 heteroatoms. The third kappa shape index (κ3) is 3.63. The Kier molecular flexibility index (Phi) is 5.20. The van der Waals surface area contributed by atoms with Crippen LogP contribution >= 0.6 is 11.3 Å². The Morgan fingerprint density at radius 1 is 1.24 bits per heavy atom. The maximum Gasteiger partial charge on any atom is 0.164 e. The van der Waals surface area contributed by atoms with Crippen LogP contribution < -0.4 is 4.90 Å². The smallest absolute Gasteiger partial charge is 0.164 e. The van der Waals surface area contributed by atoms with Gasteiger partial charge < -0.3 is 10.0 Å². The molecule has 3 atom stereocenters. The fraction of sp³-hybridized carbons (Fsp3) is 0.455. The number of pyridine rings is 1. The quantitative estimate of drug-likeness (QED) is 0.693. The highest BCUT2D eigenvalue weighted by atomic mass is 32.1. The number of hydrogen-bond donors (Lipinski definition) is 1. The molecule has 2 unspecified atom stereocenters. The molecule has 2 fully saturated rings. The Hall–Kier alpha value is -2.09. The normalized spacial score (nSPS) is 24.9. The second-order valence-electron chi connectivity index (χ2n) is 8.08. The zero-order valence-electron chi connectivity index (χ0n) is 16.2. The minimum absolute atomic E-state index is 0.270. The lowest BCUT2D eigenvalue weighted by molar-refractivity contribution is -0.0125. The van der Waals surface area contributed by atoms with Gasteiger partial charge >= 0.3 is 0 Å². The number of thiazole rings is 1. The molecule has 2 saturated heterocycles.